The van der Waals surface area contributed by atoms with E-state index in [0.717, 1.165) is 5.75 Å². The average molecular weight is 277 g/mol. The number of amides is 1. The molecule has 3 rings (SSSR count). The van der Waals surface area contributed by atoms with Crippen molar-refractivity contribution >= 4 is 17.7 Å². The third kappa shape index (κ3) is 2.26. The number of hydrogen-bond acceptors (Lipinski definition) is 3. The third-order valence-corrected chi connectivity index (χ3v) is 4.30. The van der Waals surface area contributed by atoms with Crippen molar-refractivity contribution < 1.29 is 13.6 Å². The lowest BCUT2D eigenvalue weighted by atomic mass is 10.2. The van der Waals surface area contributed by atoms with Crippen LogP contribution in [-0.4, -0.2) is 23.1 Å². The van der Waals surface area contributed by atoms with Gasteiger partial charge in [-0.15, -0.1) is 11.8 Å². The molecule has 1 aliphatic heterocycles. The van der Waals surface area contributed by atoms with Gasteiger partial charge in [-0.1, -0.05) is 18.2 Å². The highest BCUT2D eigenvalue weighted by atomic mass is 32.2. The van der Waals surface area contributed by atoms with Crippen LogP contribution < -0.4 is 0 Å². The maximum atomic E-state index is 13.8. The number of rotatable bonds is 2. The number of carbonyl (C=O) groups excluding carboxylic acids is 1. The molecule has 98 valence electrons. The van der Waals surface area contributed by atoms with Gasteiger partial charge in [0.2, 0.25) is 0 Å². The summed E-state index contributed by atoms with van der Waals surface area (Å²) in [5.41, 5.74) is 0.546. The summed E-state index contributed by atoms with van der Waals surface area (Å²) in [5, 5.41) is -0.279. The molecular formula is C14H12FNO2S. The van der Waals surface area contributed by atoms with Crippen LogP contribution in [0.15, 0.2) is 47.1 Å². The van der Waals surface area contributed by atoms with E-state index in [-0.39, 0.29) is 17.1 Å². The molecule has 1 aromatic carbocycles. The van der Waals surface area contributed by atoms with E-state index in [9.17, 15) is 9.18 Å². The molecule has 1 saturated heterocycles. The van der Waals surface area contributed by atoms with E-state index in [1.807, 2.05) is 0 Å². The summed E-state index contributed by atoms with van der Waals surface area (Å²) in [4.78, 5) is 14.0. The molecule has 0 aliphatic carbocycles. The molecule has 1 aliphatic rings. The average Bonchev–Trinajstić information content (AvgIpc) is 3.10. The fourth-order valence-corrected chi connectivity index (χ4v) is 3.43. The van der Waals surface area contributed by atoms with E-state index in [0.29, 0.717) is 17.9 Å². The van der Waals surface area contributed by atoms with Gasteiger partial charge in [-0.2, -0.15) is 0 Å². The Hall–Kier alpha value is -1.75. The van der Waals surface area contributed by atoms with Crippen LogP contribution in [0.4, 0.5) is 4.39 Å². The van der Waals surface area contributed by atoms with E-state index in [4.69, 9.17) is 4.42 Å². The van der Waals surface area contributed by atoms with Crippen LogP contribution in [0.25, 0.3) is 0 Å². The molecule has 1 aromatic heterocycles. The van der Waals surface area contributed by atoms with Gasteiger partial charge < -0.3 is 9.32 Å². The first-order chi connectivity index (χ1) is 9.27. The summed E-state index contributed by atoms with van der Waals surface area (Å²) in [6.45, 7) is 0.600. The fourth-order valence-electron chi connectivity index (χ4n) is 2.15. The summed E-state index contributed by atoms with van der Waals surface area (Å²) in [6.07, 6.45) is 1.47. The molecule has 0 unspecified atom stereocenters. The lowest BCUT2D eigenvalue weighted by molar-refractivity contribution is 0.0727. The minimum atomic E-state index is -0.279. The van der Waals surface area contributed by atoms with Gasteiger partial charge in [0.05, 0.1) is 6.26 Å². The first kappa shape index (κ1) is 12.3. The van der Waals surface area contributed by atoms with Crippen molar-refractivity contribution in [3.8, 4) is 0 Å². The van der Waals surface area contributed by atoms with Crippen molar-refractivity contribution in [2.75, 3.05) is 12.3 Å². The Morgan fingerprint density at radius 1 is 1.32 bits per heavy atom. The Balaban J connectivity index is 1.90. The number of carbonyl (C=O) groups is 1. The summed E-state index contributed by atoms with van der Waals surface area (Å²) in [5.74, 6) is 0.622. The molecule has 0 bridgehead atoms. The smallest absolute Gasteiger partial charge is 0.290 e. The Bertz CT molecular complexity index is 585. The highest BCUT2D eigenvalue weighted by Crippen LogP contribution is 2.39. The first-order valence-electron chi connectivity index (χ1n) is 5.98. The molecule has 2 aromatic rings. The standard InChI is InChI=1S/C14H12FNO2S/c15-11-5-2-1-4-10(11)14-16(7-9-19-14)13(17)12-6-3-8-18-12/h1-6,8,14H,7,9H2/t14-/m0/s1. The minimum Gasteiger partial charge on any atom is -0.459 e. The van der Waals surface area contributed by atoms with Crippen LogP contribution in [0.3, 0.4) is 0 Å². The Kier molecular flexibility index (Phi) is 3.29. The molecule has 0 spiro atoms. The van der Waals surface area contributed by atoms with Gasteiger partial charge in [-0.3, -0.25) is 4.79 Å². The van der Waals surface area contributed by atoms with Crippen LogP contribution >= 0.6 is 11.8 Å². The number of nitrogens with zero attached hydrogens (tertiary/aromatic N) is 1. The van der Waals surface area contributed by atoms with Crippen LogP contribution in [0.5, 0.6) is 0 Å². The van der Waals surface area contributed by atoms with Gasteiger partial charge >= 0.3 is 0 Å². The van der Waals surface area contributed by atoms with Crippen molar-refractivity contribution in [3.05, 3.63) is 59.8 Å². The first-order valence-corrected chi connectivity index (χ1v) is 7.03. The Morgan fingerprint density at radius 2 is 2.16 bits per heavy atom. The molecule has 0 radical (unpaired) electrons. The van der Waals surface area contributed by atoms with E-state index in [2.05, 4.69) is 0 Å². The summed E-state index contributed by atoms with van der Waals surface area (Å²) in [7, 11) is 0. The fraction of sp³-hybridized carbons (Fsp3) is 0.214. The maximum Gasteiger partial charge on any atom is 0.290 e. The summed E-state index contributed by atoms with van der Waals surface area (Å²) in [6, 6.07) is 9.88. The van der Waals surface area contributed by atoms with E-state index >= 15 is 0 Å². The van der Waals surface area contributed by atoms with Crippen LogP contribution in [0.2, 0.25) is 0 Å². The van der Waals surface area contributed by atoms with Crippen molar-refractivity contribution in [3.63, 3.8) is 0 Å². The van der Waals surface area contributed by atoms with E-state index in [1.165, 1.54) is 12.3 Å². The monoisotopic (exact) mass is 277 g/mol. The summed E-state index contributed by atoms with van der Waals surface area (Å²) >= 11 is 1.57. The van der Waals surface area contributed by atoms with Crippen LogP contribution in [0.1, 0.15) is 21.5 Å². The Morgan fingerprint density at radius 3 is 2.89 bits per heavy atom. The van der Waals surface area contributed by atoms with Crippen LogP contribution in [0, 0.1) is 5.82 Å². The van der Waals surface area contributed by atoms with Gasteiger partial charge in [-0.05, 0) is 18.2 Å². The third-order valence-electron chi connectivity index (χ3n) is 3.06. The highest BCUT2D eigenvalue weighted by molar-refractivity contribution is 7.99. The Labute approximate surface area is 114 Å². The number of thioether (sulfide) groups is 1. The van der Waals surface area contributed by atoms with Gasteiger partial charge in [0, 0.05) is 17.9 Å². The lowest BCUT2D eigenvalue weighted by Gasteiger charge is -2.23. The molecule has 0 N–H and O–H groups in total. The quantitative estimate of drug-likeness (QED) is 0.844. The normalized spacial score (nSPS) is 18.8. The second-order valence-corrected chi connectivity index (χ2v) is 5.41. The number of furan rings is 1. The molecule has 19 heavy (non-hydrogen) atoms. The van der Waals surface area contributed by atoms with Gasteiger partial charge in [0.25, 0.3) is 5.91 Å². The van der Waals surface area contributed by atoms with Crippen LogP contribution in [-0.2, 0) is 0 Å². The number of benzene rings is 1. The van der Waals surface area contributed by atoms with Crippen molar-refractivity contribution in [1.82, 2.24) is 4.90 Å². The lowest BCUT2D eigenvalue weighted by Crippen LogP contribution is -2.30. The molecule has 3 nitrogen and oxygen atoms in total. The van der Waals surface area contributed by atoms with Crippen molar-refractivity contribution in [2.45, 2.75) is 5.37 Å². The zero-order chi connectivity index (χ0) is 13.2. The second kappa shape index (κ2) is 5.09. The summed E-state index contributed by atoms with van der Waals surface area (Å²) < 4.78 is 19.0. The molecule has 1 fully saturated rings. The topological polar surface area (TPSA) is 33.5 Å². The predicted molar refractivity (Wildman–Crippen MR) is 71.3 cm³/mol. The molecule has 1 amide bonds. The SMILES string of the molecule is O=C(c1ccco1)N1CCS[C@H]1c1ccccc1F. The highest BCUT2D eigenvalue weighted by Gasteiger charge is 2.33. The zero-order valence-corrected chi connectivity index (χ0v) is 10.9. The minimum absolute atomic E-state index is 0.191. The van der Waals surface area contributed by atoms with Gasteiger partial charge in [-0.25, -0.2) is 4.39 Å². The molecule has 1 atom stereocenters. The largest absolute Gasteiger partial charge is 0.459 e. The predicted octanol–water partition coefficient (Wildman–Crippen LogP) is 3.31. The number of halogens is 1. The molecule has 2 heterocycles. The van der Waals surface area contributed by atoms with Gasteiger partial charge in [0.1, 0.15) is 11.2 Å². The maximum absolute atomic E-state index is 13.8. The van der Waals surface area contributed by atoms with Crippen molar-refractivity contribution in [1.29, 1.82) is 0 Å². The zero-order valence-electron chi connectivity index (χ0n) is 10.1. The van der Waals surface area contributed by atoms with E-state index < -0.39 is 0 Å². The number of hydrogen-bond donors (Lipinski definition) is 0. The van der Waals surface area contributed by atoms with Gasteiger partial charge in [0.15, 0.2) is 5.76 Å². The van der Waals surface area contributed by atoms with Crippen molar-refractivity contribution in [2.24, 2.45) is 0 Å². The van der Waals surface area contributed by atoms with E-state index in [1.54, 1.807) is 47.0 Å². The molecule has 5 heteroatoms. The molecular weight excluding hydrogens is 265 g/mol. The second-order valence-electron chi connectivity index (χ2n) is 4.22. The molecule has 0 saturated carbocycles.